The number of carbonyl (C=O) groups excluding carboxylic acids is 1. The molecule has 2 rings (SSSR count). The summed E-state index contributed by atoms with van der Waals surface area (Å²) in [5, 5.41) is 6.22. The standard InChI is InChI=1S/C16H24N2O2/c1-12-3-5-13(6-4-12)16(14-7-8-14)18-11-15(19)17-9-10-20-2/h3-6,14,16,18H,7-11H2,1-2H3,(H,17,19). The van der Waals surface area contributed by atoms with Gasteiger partial charge in [-0.15, -0.1) is 0 Å². The Morgan fingerprint density at radius 3 is 2.65 bits per heavy atom. The van der Waals surface area contributed by atoms with Crippen molar-refractivity contribution in [3.8, 4) is 0 Å². The molecule has 1 aliphatic rings. The fourth-order valence-corrected chi connectivity index (χ4v) is 2.32. The molecule has 1 atom stereocenters. The van der Waals surface area contributed by atoms with Crippen LogP contribution in [0.3, 0.4) is 0 Å². The van der Waals surface area contributed by atoms with Gasteiger partial charge >= 0.3 is 0 Å². The molecule has 0 saturated heterocycles. The number of amides is 1. The molecule has 1 aliphatic carbocycles. The van der Waals surface area contributed by atoms with Gasteiger partial charge in [0.15, 0.2) is 0 Å². The SMILES string of the molecule is COCCNC(=O)CNC(c1ccc(C)cc1)C1CC1. The van der Waals surface area contributed by atoms with E-state index in [2.05, 4.69) is 41.8 Å². The van der Waals surface area contributed by atoms with Gasteiger partial charge in [-0.3, -0.25) is 4.79 Å². The zero-order chi connectivity index (χ0) is 14.4. The smallest absolute Gasteiger partial charge is 0.234 e. The summed E-state index contributed by atoms with van der Waals surface area (Å²) in [6, 6.07) is 8.88. The highest BCUT2D eigenvalue weighted by Gasteiger charge is 2.32. The normalized spacial score (nSPS) is 15.9. The number of ether oxygens (including phenoxy) is 1. The topological polar surface area (TPSA) is 50.4 Å². The van der Waals surface area contributed by atoms with E-state index in [0.29, 0.717) is 31.7 Å². The molecule has 0 bridgehead atoms. The third-order valence-corrected chi connectivity index (χ3v) is 3.64. The summed E-state index contributed by atoms with van der Waals surface area (Å²) >= 11 is 0. The number of rotatable bonds is 8. The van der Waals surface area contributed by atoms with E-state index in [9.17, 15) is 4.79 Å². The van der Waals surface area contributed by atoms with Crippen molar-refractivity contribution >= 4 is 5.91 Å². The summed E-state index contributed by atoms with van der Waals surface area (Å²) in [6.45, 7) is 3.57. The minimum absolute atomic E-state index is 0.0276. The molecule has 1 aromatic carbocycles. The Kier molecular flexibility index (Phi) is 5.56. The van der Waals surface area contributed by atoms with Gasteiger partial charge in [0.25, 0.3) is 0 Å². The van der Waals surface area contributed by atoms with E-state index < -0.39 is 0 Å². The van der Waals surface area contributed by atoms with Gasteiger partial charge in [0.1, 0.15) is 0 Å². The quantitative estimate of drug-likeness (QED) is 0.712. The minimum Gasteiger partial charge on any atom is -0.383 e. The third kappa shape index (κ3) is 4.62. The molecule has 20 heavy (non-hydrogen) atoms. The van der Waals surface area contributed by atoms with Gasteiger partial charge in [-0.1, -0.05) is 29.8 Å². The van der Waals surface area contributed by atoms with Crippen LogP contribution < -0.4 is 10.6 Å². The molecule has 0 aliphatic heterocycles. The Hall–Kier alpha value is -1.39. The van der Waals surface area contributed by atoms with Crippen molar-refractivity contribution in [1.82, 2.24) is 10.6 Å². The molecule has 1 amide bonds. The average molecular weight is 276 g/mol. The molecule has 1 fully saturated rings. The van der Waals surface area contributed by atoms with E-state index in [1.165, 1.54) is 24.0 Å². The lowest BCUT2D eigenvalue weighted by Gasteiger charge is -2.19. The Morgan fingerprint density at radius 1 is 1.35 bits per heavy atom. The van der Waals surface area contributed by atoms with Crippen molar-refractivity contribution in [3.05, 3.63) is 35.4 Å². The molecular formula is C16H24N2O2. The lowest BCUT2D eigenvalue weighted by Crippen LogP contribution is -2.37. The van der Waals surface area contributed by atoms with Gasteiger partial charge in [-0.05, 0) is 31.2 Å². The minimum atomic E-state index is 0.0276. The van der Waals surface area contributed by atoms with Gasteiger partial charge < -0.3 is 15.4 Å². The lowest BCUT2D eigenvalue weighted by atomic mass is 10.0. The molecule has 0 spiro atoms. The molecule has 4 nitrogen and oxygen atoms in total. The van der Waals surface area contributed by atoms with E-state index >= 15 is 0 Å². The number of benzene rings is 1. The first-order valence-corrected chi connectivity index (χ1v) is 7.26. The van der Waals surface area contributed by atoms with Crippen LogP contribution in [-0.4, -0.2) is 32.7 Å². The number of hydrogen-bond acceptors (Lipinski definition) is 3. The van der Waals surface area contributed by atoms with Gasteiger partial charge in [0.05, 0.1) is 13.2 Å². The second kappa shape index (κ2) is 7.41. The Labute approximate surface area is 120 Å². The molecule has 4 heteroatoms. The summed E-state index contributed by atoms with van der Waals surface area (Å²) in [4.78, 5) is 11.7. The van der Waals surface area contributed by atoms with Crippen LogP contribution in [-0.2, 0) is 9.53 Å². The first-order chi connectivity index (χ1) is 9.70. The van der Waals surface area contributed by atoms with Gasteiger partial charge in [-0.2, -0.15) is 0 Å². The van der Waals surface area contributed by atoms with E-state index in [4.69, 9.17) is 4.74 Å². The van der Waals surface area contributed by atoms with Crippen LogP contribution >= 0.6 is 0 Å². The summed E-state index contributed by atoms with van der Waals surface area (Å²) in [6.07, 6.45) is 2.49. The fourth-order valence-electron chi connectivity index (χ4n) is 2.32. The van der Waals surface area contributed by atoms with Crippen molar-refractivity contribution in [2.75, 3.05) is 26.8 Å². The summed E-state index contributed by atoms with van der Waals surface area (Å²) in [7, 11) is 1.63. The highest BCUT2D eigenvalue weighted by molar-refractivity contribution is 5.78. The van der Waals surface area contributed by atoms with Crippen molar-refractivity contribution in [3.63, 3.8) is 0 Å². The maximum atomic E-state index is 11.7. The highest BCUT2D eigenvalue weighted by Crippen LogP contribution is 2.40. The molecule has 110 valence electrons. The van der Waals surface area contributed by atoms with Crippen LogP contribution in [0.15, 0.2) is 24.3 Å². The molecule has 0 radical (unpaired) electrons. The summed E-state index contributed by atoms with van der Waals surface area (Å²) in [5.74, 6) is 0.698. The van der Waals surface area contributed by atoms with Crippen LogP contribution in [0.4, 0.5) is 0 Å². The van der Waals surface area contributed by atoms with Crippen LogP contribution in [0.5, 0.6) is 0 Å². The molecule has 0 aromatic heterocycles. The van der Waals surface area contributed by atoms with E-state index in [1.807, 2.05) is 0 Å². The van der Waals surface area contributed by atoms with Crippen molar-refractivity contribution in [2.24, 2.45) is 5.92 Å². The summed E-state index contributed by atoms with van der Waals surface area (Å²) < 4.78 is 4.91. The Morgan fingerprint density at radius 2 is 2.05 bits per heavy atom. The number of aryl methyl sites for hydroxylation is 1. The maximum Gasteiger partial charge on any atom is 0.234 e. The Bertz CT molecular complexity index is 427. The third-order valence-electron chi connectivity index (χ3n) is 3.64. The maximum absolute atomic E-state index is 11.7. The number of nitrogens with one attached hydrogen (secondary N) is 2. The number of carbonyl (C=O) groups is 1. The lowest BCUT2D eigenvalue weighted by molar-refractivity contribution is -0.120. The van der Waals surface area contributed by atoms with Crippen molar-refractivity contribution in [1.29, 1.82) is 0 Å². The van der Waals surface area contributed by atoms with Gasteiger partial charge in [0.2, 0.25) is 5.91 Å². The second-order valence-corrected chi connectivity index (χ2v) is 5.45. The first-order valence-electron chi connectivity index (χ1n) is 7.26. The zero-order valence-corrected chi connectivity index (χ0v) is 12.3. The monoisotopic (exact) mass is 276 g/mol. The predicted octanol–water partition coefficient (Wildman–Crippen LogP) is 1.80. The molecule has 0 heterocycles. The molecule has 1 saturated carbocycles. The predicted molar refractivity (Wildman–Crippen MR) is 79.5 cm³/mol. The average Bonchev–Trinajstić information content (AvgIpc) is 3.26. The van der Waals surface area contributed by atoms with E-state index in [1.54, 1.807) is 7.11 Å². The molecule has 1 unspecified atom stereocenters. The van der Waals surface area contributed by atoms with Crippen LogP contribution in [0, 0.1) is 12.8 Å². The molecule has 2 N–H and O–H groups in total. The molecule has 1 aromatic rings. The van der Waals surface area contributed by atoms with Crippen molar-refractivity contribution < 1.29 is 9.53 Å². The van der Waals surface area contributed by atoms with Crippen LogP contribution in [0.2, 0.25) is 0 Å². The fraction of sp³-hybridized carbons (Fsp3) is 0.562. The van der Waals surface area contributed by atoms with Gasteiger partial charge in [0, 0.05) is 19.7 Å². The second-order valence-electron chi connectivity index (χ2n) is 5.45. The number of hydrogen-bond donors (Lipinski definition) is 2. The molecular weight excluding hydrogens is 252 g/mol. The summed E-state index contributed by atoms with van der Waals surface area (Å²) in [5.41, 5.74) is 2.54. The zero-order valence-electron chi connectivity index (χ0n) is 12.3. The largest absolute Gasteiger partial charge is 0.383 e. The van der Waals surface area contributed by atoms with Crippen LogP contribution in [0.25, 0.3) is 0 Å². The van der Waals surface area contributed by atoms with E-state index in [-0.39, 0.29) is 5.91 Å². The first kappa shape index (κ1) is 15.0. The van der Waals surface area contributed by atoms with E-state index in [0.717, 1.165) is 0 Å². The Balaban J connectivity index is 1.84. The van der Waals surface area contributed by atoms with Crippen molar-refractivity contribution in [2.45, 2.75) is 25.8 Å². The van der Waals surface area contributed by atoms with Crippen LogP contribution in [0.1, 0.15) is 30.0 Å². The number of methoxy groups -OCH3 is 1. The highest BCUT2D eigenvalue weighted by atomic mass is 16.5. The van der Waals surface area contributed by atoms with Gasteiger partial charge in [-0.25, -0.2) is 0 Å².